The molecule has 2 atom stereocenters. The van der Waals surface area contributed by atoms with E-state index in [1.165, 1.54) is 5.69 Å². The van der Waals surface area contributed by atoms with Gasteiger partial charge in [-0.2, -0.15) is 11.8 Å². The summed E-state index contributed by atoms with van der Waals surface area (Å²) in [4.78, 5) is 14.3. The summed E-state index contributed by atoms with van der Waals surface area (Å²) in [7, 11) is 0. The molecule has 0 bridgehead atoms. The lowest BCUT2D eigenvalue weighted by Crippen LogP contribution is -2.46. The van der Waals surface area contributed by atoms with Crippen LogP contribution in [0, 0.1) is 0 Å². The van der Waals surface area contributed by atoms with Gasteiger partial charge in [0.15, 0.2) is 0 Å². The van der Waals surface area contributed by atoms with Gasteiger partial charge in [0.2, 0.25) is 5.91 Å². The highest BCUT2D eigenvalue weighted by Gasteiger charge is 2.26. The van der Waals surface area contributed by atoms with Crippen LogP contribution in [0.25, 0.3) is 0 Å². The fourth-order valence-electron chi connectivity index (χ4n) is 2.49. The number of hydrogen-bond acceptors (Lipinski definition) is 4. The van der Waals surface area contributed by atoms with Gasteiger partial charge in [0, 0.05) is 23.6 Å². The average molecular weight is 409 g/mol. The zero-order chi connectivity index (χ0) is 15.2. The summed E-state index contributed by atoms with van der Waals surface area (Å²) >= 11 is 5.29. The van der Waals surface area contributed by atoms with E-state index >= 15 is 0 Å². The summed E-state index contributed by atoms with van der Waals surface area (Å²) in [6, 6.07) is 7.97. The molecule has 3 N–H and O–H groups in total. The predicted octanol–water partition coefficient (Wildman–Crippen LogP) is 2.65. The lowest BCUT2D eigenvalue weighted by atomic mass is 10.2. The summed E-state index contributed by atoms with van der Waals surface area (Å²) in [5, 5.41) is 3.08. The van der Waals surface area contributed by atoms with Gasteiger partial charge in [-0.1, -0.05) is 12.1 Å². The predicted molar refractivity (Wildman–Crippen MR) is 101 cm³/mol. The van der Waals surface area contributed by atoms with E-state index in [1.807, 2.05) is 24.5 Å². The van der Waals surface area contributed by atoms with Crippen molar-refractivity contribution in [1.29, 1.82) is 0 Å². The van der Waals surface area contributed by atoms with Crippen LogP contribution < -0.4 is 16.0 Å². The third-order valence-electron chi connectivity index (χ3n) is 3.70. The second-order valence-electron chi connectivity index (χ2n) is 5.28. The lowest BCUT2D eigenvalue weighted by molar-refractivity contribution is -0.122. The molecular weight excluding hydrogens is 386 g/mol. The molecule has 0 spiro atoms. The Balaban J connectivity index is 0.00000242. The number of benzene rings is 1. The first-order valence-electron chi connectivity index (χ1n) is 7.16. The molecule has 2 rings (SSSR count). The molecule has 1 fully saturated rings. The summed E-state index contributed by atoms with van der Waals surface area (Å²) in [5.41, 5.74) is 7.09. The maximum Gasteiger partial charge on any atom is 0.237 e. The smallest absolute Gasteiger partial charge is 0.237 e. The van der Waals surface area contributed by atoms with Crippen molar-refractivity contribution in [3.8, 4) is 0 Å². The zero-order valence-corrected chi connectivity index (χ0v) is 15.8. The monoisotopic (exact) mass is 407 g/mol. The number of nitrogens with zero attached hydrogens (tertiary/aromatic N) is 1. The van der Waals surface area contributed by atoms with Crippen LogP contribution in [0.4, 0.5) is 5.69 Å². The molecule has 1 aliphatic heterocycles. The number of rotatable bonds is 6. The number of carbonyl (C=O) groups excluding carboxylic acids is 1. The number of nitrogens with two attached hydrogens (primary N) is 1. The summed E-state index contributed by atoms with van der Waals surface area (Å²) in [6.45, 7) is 1.79. The Kier molecular flexibility index (Phi) is 8.61. The quantitative estimate of drug-likeness (QED) is 0.760. The lowest BCUT2D eigenvalue weighted by Gasteiger charge is -2.21. The Bertz CT molecular complexity index is 492. The largest absolute Gasteiger partial charge is 0.368 e. The molecule has 4 nitrogen and oxygen atoms in total. The highest BCUT2D eigenvalue weighted by molar-refractivity contribution is 9.10. The number of para-hydroxylation sites is 1. The van der Waals surface area contributed by atoms with Crippen LogP contribution in [0.1, 0.15) is 12.8 Å². The Labute approximate surface area is 151 Å². The van der Waals surface area contributed by atoms with Gasteiger partial charge in [0.1, 0.15) is 0 Å². The molecule has 1 amide bonds. The molecule has 1 aliphatic rings. The van der Waals surface area contributed by atoms with E-state index in [-0.39, 0.29) is 24.4 Å². The van der Waals surface area contributed by atoms with Gasteiger partial charge in [-0.25, -0.2) is 0 Å². The SMILES string of the molecule is CSCC[C@H](N)C(=O)NC1CCN(c2ccccc2Br)C1.Cl. The summed E-state index contributed by atoms with van der Waals surface area (Å²) < 4.78 is 1.09. The number of hydrogen-bond donors (Lipinski definition) is 2. The average Bonchev–Trinajstić information content (AvgIpc) is 2.93. The minimum atomic E-state index is -0.394. The molecule has 1 aromatic carbocycles. The van der Waals surface area contributed by atoms with Crippen molar-refractivity contribution in [2.75, 3.05) is 30.0 Å². The van der Waals surface area contributed by atoms with E-state index in [0.29, 0.717) is 0 Å². The highest BCUT2D eigenvalue weighted by Crippen LogP contribution is 2.28. The second-order valence-corrected chi connectivity index (χ2v) is 7.12. The molecule has 124 valence electrons. The molecule has 0 aromatic heterocycles. The molecule has 1 saturated heterocycles. The first-order chi connectivity index (χ1) is 10.1. The van der Waals surface area contributed by atoms with Crippen LogP contribution in [0.5, 0.6) is 0 Å². The summed E-state index contributed by atoms with van der Waals surface area (Å²) in [5.74, 6) is 0.894. The van der Waals surface area contributed by atoms with Gasteiger partial charge in [0.05, 0.1) is 11.7 Å². The van der Waals surface area contributed by atoms with Gasteiger partial charge >= 0.3 is 0 Å². The van der Waals surface area contributed by atoms with Crippen molar-refractivity contribution in [2.45, 2.75) is 24.9 Å². The number of nitrogens with one attached hydrogen (secondary N) is 1. The van der Waals surface area contributed by atoms with Crippen molar-refractivity contribution < 1.29 is 4.79 Å². The number of anilines is 1. The van der Waals surface area contributed by atoms with Crippen molar-refractivity contribution in [3.05, 3.63) is 28.7 Å². The third-order valence-corrected chi connectivity index (χ3v) is 5.01. The van der Waals surface area contributed by atoms with Crippen LogP contribution in [0.3, 0.4) is 0 Å². The number of carbonyl (C=O) groups is 1. The molecule has 0 radical (unpaired) electrons. The van der Waals surface area contributed by atoms with Crippen LogP contribution in [0.2, 0.25) is 0 Å². The Morgan fingerprint density at radius 2 is 2.27 bits per heavy atom. The highest BCUT2D eigenvalue weighted by atomic mass is 79.9. The number of halogens is 2. The van der Waals surface area contributed by atoms with Crippen LogP contribution in [0.15, 0.2) is 28.7 Å². The minimum absolute atomic E-state index is 0. The minimum Gasteiger partial charge on any atom is -0.368 e. The molecule has 1 heterocycles. The Morgan fingerprint density at radius 3 is 2.95 bits per heavy atom. The van der Waals surface area contributed by atoms with E-state index in [4.69, 9.17) is 5.73 Å². The van der Waals surface area contributed by atoms with E-state index in [9.17, 15) is 4.79 Å². The van der Waals surface area contributed by atoms with Crippen LogP contribution in [-0.4, -0.2) is 43.1 Å². The topological polar surface area (TPSA) is 58.4 Å². The van der Waals surface area contributed by atoms with Crippen molar-refractivity contribution in [3.63, 3.8) is 0 Å². The first kappa shape index (κ1) is 19.6. The Morgan fingerprint density at radius 1 is 1.55 bits per heavy atom. The Hall–Kier alpha value is -0.430. The van der Waals surface area contributed by atoms with E-state index in [2.05, 4.69) is 32.2 Å². The maximum absolute atomic E-state index is 12.0. The van der Waals surface area contributed by atoms with Gasteiger partial charge in [-0.05, 0) is 52.9 Å². The van der Waals surface area contributed by atoms with Gasteiger partial charge in [0.25, 0.3) is 0 Å². The molecular formula is C15H23BrClN3OS. The van der Waals surface area contributed by atoms with Crippen molar-refractivity contribution >= 4 is 51.7 Å². The maximum atomic E-state index is 12.0. The second kappa shape index (κ2) is 9.65. The zero-order valence-electron chi connectivity index (χ0n) is 12.6. The van der Waals surface area contributed by atoms with E-state index in [1.54, 1.807) is 11.8 Å². The third kappa shape index (κ3) is 5.33. The first-order valence-corrected chi connectivity index (χ1v) is 9.35. The standard InChI is InChI=1S/C15H22BrN3OS.ClH/c1-21-9-7-13(17)15(20)18-11-6-8-19(10-11)14-5-3-2-4-12(14)16;/h2-5,11,13H,6-10,17H2,1H3,(H,18,20);1H/t11?,13-;/m0./s1. The normalized spacial score (nSPS) is 18.7. The van der Waals surface area contributed by atoms with Crippen LogP contribution >= 0.6 is 40.1 Å². The van der Waals surface area contributed by atoms with Crippen LogP contribution in [-0.2, 0) is 4.79 Å². The number of amides is 1. The van der Waals surface area contributed by atoms with Crippen molar-refractivity contribution in [2.24, 2.45) is 5.73 Å². The van der Waals surface area contributed by atoms with Gasteiger partial charge in [-0.15, -0.1) is 12.4 Å². The fraction of sp³-hybridized carbons (Fsp3) is 0.533. The molecule has 0 saturated carbocycles. The van der Waals surface area contributed by atoms with Gasteiger partial charge < -0.3 is 16.0 Å². The summed E-state index contributed by atoms with van der Waals surface area (Å²) in [6.07, 6.45) is 3.72. The van der Waals surface area contributed by atoms with E-state index in [0.717, 1.165) is 36.2 Å². The molecule has 7 heteroatoms. The molecule has 1 aromatic rings. The number of thioether (sulfide) groups is 1. The molecule has 0 aliphatic carbocycles. The molecule has 22 heavy (non-hydrogen) atoms. The van der Waals surface area contributed by atoms with Gasteiger partial charge in [-0.3, -0.25) is 4.79 Å². The van der Waals surface area contributed by atoms with Crippen molar-refractivity contribution in [1.82, 2.24) is 5.32 Å². The molecule has 1 unspecified atom stereocenters. The fourth-order valence-corrected chi connectivity index (χ4v) is 3.51. The van der Waals surface area contributed by atoms with E-state index < -0.39 is 6.04 Å².